The van der Waals surface area contributed by atoms with Gasteiger partial charge in [-0.25, -0.2) is 0 Å². The quantitative estimate of drug-likeness (QED) is 0.359. The Morgan fingerprint density at radius 1 is 1.27 bits per heavy atom. The van der Waals surface area contributed by atoms with E-state index in [0.717, 1.165) is 0 Å². The maximum Gasteiger partial charge on any atom is 0.241 e. The van der Waals surface area contributed by atoms with Gasteiger partial charge >= 0.3 is 0 Å². The Morgan fingerprint density at radius 2 is 1.82 bits per heavy atom. The molecule has 0 bridgehead atoms. The van der Waals surface area contributed by atoms with E-state index in [1.54, 1.807) is 0 Å². The molecule has 0 saturated heterocycles. The highest BCUT2D eigenvalue weighted by molar-refractivity contribution is 6.69. The molecular formula is C9H18OSi. The molecule has 11 heavy (non-hydrogen) atoms. The molecule has 2 heteroatoms. The van der Waals surface area contributed by atoms with Crippen molar-refractivity contribution >= 4 is 8.32 Å². The molecule has 0 heterocycles. The average molecular weight is 170 g/mol. The average Bonchev–Trinajstić information content (AvgIpc) is 1.85. The lowest BCUT2D eigenvalue weighted by Crippen LogP contribution is -2.21. The highest BCUT2D eigenvalue weighted by Crippen LogP contribution is 2.04. The van der Waals surface area contributed by atoms with Crippen molar-refractivity contribution in [2.45, 2.75) is 33.5 Å². The van der Waals surface area contributed by atoms with E-state index in [1.807, 2.05) is 19.3 Å². The van der Waals surface area contributed by atoms with Gasteiger partial charge in [0.25, 0.3) is 0 Å². The molecular weight excluding hydrogens is 152 g/mol. The molecule has 0 N–H and O–H groups in total. The monoisotopic (exact) mass is 170 g/mol. The van der Waals surface area contributed by atoms with Crippen LogP contribution in [-0.2, 0) is 4.43 Å². The van der Waals surface area contributed by atoms with Gasteiger partial charge in [-0.05, 0) is 39.6 Å². The second-order valence-corrected chi connectivity index (χ2v) is 8.03. The van der Waals surface area contributed by atoms with Crippen LogP contribution in [0.5, 0.6) is 0 Å². The van der Waals surface area contributed by atoms with E-state index in [9.17, 15) is 0 Å². The third kappa shape index (κ3) is 7.39. The number of hydrogen-bond acceptors (Lipinski definition) is 1. The van der Waals surface area contributed by atoms with Gasteiger partial charge in [0, 0.05) is 0 Å². The van der Waals surface area contributed by atoms with Gasteiger partial charge in [-0.2, -0.15) is 0 Å². The lowest BCUT2D eigenvalue weighted by atomic mass is 10.3. The first kappa shape index (κ1) is 10.5. The predicted molar refractivity (Wildman–Crippen MR) is 53.0 cm³/mol. The lowest BCUT2D eigenvalue weighted by Gasteiger charge is -2.14. The zero-order chi connectivity index (χ0) is 8.91. The van der Waals surface area contributed by atoms with E-state index < -0.39 is 8.32 Å². The predicted octanol–water partition coefficient (Wildman–Crippen LogP) is 3.32. The number of rotatable bonds is 3. The van der Waals surface area contributed by atoms with E-state index in [0.29, 0.717) is 0 Å². The van der Waals surface area contributed by atoms with Crippen LogP contribution in [0, 0.1) is 0 Å². The minimum absolute atomic E-state index is 1.24. The molecule has 64 valence electrons. The van der Waals surface area contributed by atoms with Crippen LogP contribution in [-0.4, -0.2) is 8.32 Å². The van der Waals surface area contributed by atoms with E-state index in [2.05, 4.69) is 32.6 Å². The number of allylic oxidation sites excluding steroid dienone is 3. The van der Waals surface area contributed by atoms with Crippen molar-refractivity contribution in [3.8, 4) is 0 Å². The largest absolute Gasteiger partial charge is 0.550 e. The summed E-state index contributed by atoms with van der Waals surface area (Å²) in [6.07, 6.45) is 5.86. The molecule has 0 spiro atoms. The standard InChI is InChI=1S/C9H18OSi/c1-6-9(2)7-8-10-11(3,4)5/h6-8H,1-5H3/b8-7+,9-6+. The Kier molecular flexibility index (Phi) is 4.19. The highest BCUT2D eigenvalue weighted by Gasteiger charge is 2.12. The van der Waals surface area contributed by atoms with Gasteiger partial charge in [-0.15, -0.1) is 0 Å². The highest BCUT2D eigenvalue weighted by atomic mass is 28.4. The van der Waals surface area contributed by atoms with E-state index in [1.165, 1.54) is 5.57 Å². The Balaban J connectivity index is 3.79. The maximum atomic E-state index is 5.52. The molecule has 0 amide bonds. The summed E-state index contributed by atoms with van der Waals surface area (Å²) in [6.45, 7) is 10.6. The van der Waals surface area contributed by atoms with Crippen molar-refractivity contribution < 1.29 is 4.43 Å². The fourth-order valence-corrected chi connectivity index (χ4v) is 0.918. The minimum Gasteiger partial charge on any atom is -0.550 e. The summed E-state index contributed by atoms with van der Waals surface area (Å²) in [5, 5.41) is 0. The molecule has 0 fully saturated rings. The fraction of sp³-hybridized carbons (Fsp3) is 0.556. The summed E-state index contributed by atoms with van der Waals surface area (Å²) < 4.78 is 5.52. The molecule has 0 aliphatic carbocycles. The first-order chi connectivity index (χ1) is 4.95. The van der Waals surface area contributed by atoms with Crippen molar-refractivity contribution in [3.05, 3.63) is 24.0 Å². The zero-order valence-electron chi connectivity index (χ0n) is 8.14. The second kappa shape index (κ2) is 4.39. The molecule has 0 aromatic rings. The van der Waals surface area contributed by atoms with Crippen molar-refractivity contribution in [3.63, 3.8) is 0 Å². The van der Waals surface area contributed by atoms with Crippen LogP contribution in [0.15, 0.2) is 24.0 Å². The van der Waals surface area contributed by atoms with Crippen molar-refractivity contribution in [2.75, 3.05) is 0 Å². The molecule has 1 nitrogen and oxygen atoms in total. The summed E-state index contributed by atoms with van der Waals surface area (Å²) in [6, 6.07) is 0. The lowest BCUT2D eigenvalue weighted by molar-refractivity contribution is 0.479. The first-order valence-electron chi connectivity index (χ1n) is 3.93. The van der Waals surface area contributed by atoms with Crippen LogP contribution in [0.3, 0.4) is 0 Å². The molecule has 0 aliphatic rings. The van der Waals surface area contributed by atoms with Crippen LogP contribution < -0.4 is 0 Å². The second-order valence-electron chi connectivity index (χ2n) is 3.57. The van der Waals surface area contributed by atoms with Gasteiger partial charge in [0.2, 0.25) is 8.32 Å². The Bertz CT molecular complexity index is 163. The van der Waals surface area contributed by atoms with E-state index in [4.69, 9.17) is 4.43 Å². The van der Waals surface area contributed by atoms with Crippen molar-refractivity contribution in [1.29, 1.82) is 0 Å². The smallest absolute Gasteiger partial charge is 0.241 e. The summed E-state index contributed by atoms with van der Waals surface area (Å²) >= 11 is 0. The Labute approximate surface area is 70.9 Å². The summed E-state index contributed by atoms with van der Waals surface area (Å²) in [7, 11) is -1.35. The maximum absolute atomic E-state index is 5.52. The van der Waals surface area contributed by atoms with Crippen LogP contribution in [0.4, 0.5) is 0 Å². The third-order valence-electron chi connectivity index (χ3n) is 1.21. The molecule has 0 atom stereocenters. The van der Waals surface area contributed by atoms with Crippen molar-refractivity contribution in [1.82, 2.24) is 0 Å². The molecule has 0 radical (unpaired) electrons. The molecule has 0 unspecified atom stereocenters. The van der Waals surface area contributed by atoms with Gasteiger partial charge in [-0.1, -0.05) is 11.6 Å². The Hall–Kier alpha value is -0.503. The third-order valence-corrected chi connectivity index (χ3v) is 2.05. The molecule has 0 rings (SSSR count). The van der Waals surface area contributed by atoms with Crippen LogP contribution in [0.1, 0.15) is 13.8 Å². The first-order valence-corrected chi connectivity index (χ1v) is 7.34. The molecule has 0 aliphatic heterocycles. The van der Waals surface area contributed by atoms with Gasteiger partial charge in [-0.3, -0.25) is 0 Å². The Morgan fingerprint density at radius 3 is 2.18 bits per heavy atom. The van der Waals surface area contributed by atoms with E-state index >= 15 is 0 Å². The normalized spacial score (nSPS) is 14.1. The SMILES string of the molecule is C/C=C(C)/C=C/O[Si](C)(C)C. The zero-order valence-corrected chi connectivity index (χ0v) is 9.14. The van der Waals surface area contributed by atoms with Gasteiger partial charge in [0.05, 0.1) is 6.26 Å². The summed E-state index contributed by atoms with van der Waals surface area (Å²) in [5.41, 5.74) is 1.24. The van der Waals surface area contributed by atoms with Crippen molar-refractivity contribution in [2.24, 2.45) is 0 Å². The fourth-order valence-electron chi connectivity index (χ4n) is 0.442. The minimum atomic E-state index is -1.35. The van der Waals surface area contributed by atoms with Crippen LogP contribution in [0.25, 0.3) is 0 Å². The molecule has 0 aromatic carbocycles. The van der Waals surface area contributed by atoms with Gasteiger partial charge in [0.15, 0.2) is 0 Å². The summed E-state index contributed by atoms with van der Waals surface area (Å²) in [4.78, 5) is 0. The van der Waals surface area contributed by atoms with Gasteiger partial charge in [0.1, 0.15) is 0 Å². The van der Waals surface area contributed by atoms with Crippen LogP contribution >= 0.6 is 0 Å². The summed E-state index contributed by atoms with van der Waals surface area (Å²) in [5.74, 6) is 0. The van der Waals surface area contributed by atoms with Gasteiger partial charge < -0.3 is 4.43 Å². The number of hydrogen-bond donors (Lipinski definition) is 0. The molecule has 0 saturated carbocycles. The van der Waals surface area contributed by atoms with Crippen LogP contribution in [0.2, 0.25) is 19.6 Å². The topological polar surface area (TPSA) is 9.23 Å². The van der Waals surface area contributed by atoms with E-state index in [-0.39, 0.29) is 0 Å². The molecule has 0 aromatic heterocycles.